The van der Waals surface area contributed by atoms with Crippen LogP contribution in [0.5, 0.6) is 0 Å². The van der Waals surface area contributed by atoms with Gasteiger partial charge in [0, 0.05) is 12.2 Å². The van der Waals surface area contributed by atoms with Gasteiger partial charge in [-0.15, -0.1) is 0 Å². The zero-order chi connectivity index (χ0) is 12.5. The Labute approximate surface area is 105 Å². The van der Waals surface area contributed by atoms with Gasteiger partial charge in [-0.1, -0.05) is 0 Å². The zero-order valence-corrected chi connectivity index (χ0v) is 10.3. The van der Waals surface area contributed by atoms with Gasteiger partial charge in [-0.2, -0.15) is 0 Å². The van der Waals surface area contributed by atoms with E-state index in [-0.39, 0.29) is 11.8 Å². The third-order valence-corrected chi connectivity index (χ3v) is 3.30. The number of H-pyrrole nitrogens is 1. The number of aromatic nitrogens is 2. The summed E-state index contributed by atoms with van der Waals surface area (Å²) < 4.78 is 0. The van der Waals surface area contributed by atoms with E-state index in [0.29, 0.717) is 0 Å². The summed E-state index contributed by atoms with van der Waals surface area (Å²) in [7, 11) is 0. The molecule has 1 aliphatic rings. The van der Waals surface area contributed by atoms with E-state index in [2.05, 4.69) is 20.6 Å². The first-order valence-corrected chi connectivity index (χ1v) is 6.20. The SMILES string of the molecule is Cc1nc2ccc(NC(=O)C3CCNC3)cc2[nH]1. The highest BCUT2D eigenvalue weighted by molar-refractivity contribution is 5.94. The fraction of sp³-hybridized carbons (Fsp3) is 0.385. The maximum Gasteiger partial charge on any atom is 0.228 e. The average molecular weight is 244 g/mol. The predicted octanol–water partition coefficient (Wildman–Crippen LogP) is 1.42. The lowest BCUT2D eigenvalue weighted by atomic mass is 10.1. The monoisotopic (exact) mass is 244 g/mol. The minimum atomic E-state index is 0.0872. The highest BCUT2D eigenvalue weighted by Crippen LogP contribution is 2.18. The number of hydrogen-bond donors (Lipinski definition) is 3. The topological polar surface area (TPSA) is 69.8 Å². The minimum absolute atomic E-state index is 0.0872. The molecule has 1 saturated heterocycles. The fourth-order valence-corrected chi connectivity index (χ4v) is 2.34. The number of carbonyl (C=O) groups excluding carboxylic acids is 1. The Bertz CT molecular complexity index is 584. The number of nitrogens with one attached hydrogen (secondary N) is 3. The molecule has 0 bridgehead atoms. The van der Waals surface area contributed by atoms with Crippen molar-refractivity contribution in [2.75, 3.05) is 18.4 Å². The Kier molecular flexibility index (Phi) is 2.76. The minimum Gasteiger partial charge on any atom is -0.342 e. The number of aromatic amines is 1. The second kappa shape index (κ2) is 4.42. The molecule has 1 aromatic heterocycles. The van der Waals surface area contributed by atoms with Crippen LogP contribution in [-0.2, 0) is 4.79 Å². The molecule has 18 heavy (non-hydrogen) atoms. The van der Waals surface area contributed by atoms with Crippen molar-refractivity contribution in [2.24, 2.45) is 5.92 Å². The summed E-state index contributed by atoms with van der Waals surface area (Å²) in [5.41, 5.74) is 2.70. The quantitative estimate of drug-likeness (QED) is 0.748. The molecule has 0 saturated carbocycles. The first-order valence-electron chi connectivity index (χ1n) is 6.20. The summed E-state index contributed by atoms with van der Waals surface area (Å²) in [5, 5.41) is 6.15. The van der Waals surface area contributed by atoms with Gasteiger partial charge in [0.05, 0.1) is 17.0 Å². The molecule has 1 aliphatic heterocycles. The molecular formula is C13H16N4O. The van der Waals surface area contributed by atoms with Crippen LogP contribution >= 0.6 is 0 Å². The smallest absolute Gasteiger partial charge is 0.228 e. The predicted molar refractivity (Wildman–Crippen MR) is 70.4 cm³/mol. The van der Waals surface area contributed by atoms with Gasteiger partial charge in [-0.05, 0) is 38.1 Å². The van der Waals surface area contributed by atoms with E-state index in [1.54, 1.807) is 0 Å². The summed E-state index contributed by atoms with van der Waals surface area (Å²) in [4.78, 5) is 19.5. The number of imidazole rings is 1. The number of fused-ring (bicyclic) bond motifs is 1. The van der Waals surface area contributed by atoms with Crippen LogP contribution in [0.1, 0.15) is 12.2 Å². The first kappa shape index (κ1) is 11.2. The Morgan fingerprint density at radius 3 is 3.17 bits per heavy atom. The van der Waals surface area contributed by atoms with Crippen molar-refractivity contribution in [1.82, 2.24) is 15.3 Å². The second-order valence-electron chi connectivity index (χ2n) is 4.73. The van der Waals surface area contributed by atoms with Gasteiger partial charge in [-0.3, -0.25) is 4.79 Å². The molecule has 5 heteroatoms. The standard InChI is InChI=1S/C13H16N4O/c1-8-15-11-3-2-10(6-12(11)16-8)17-13(18)9-4-5-14-7-9/h2-3,6,9,14H,4-5,7H2,1H3,(H,15,16)(H,17,18). The zero-order valence-electron chi connectivity index (χ0n) is 10.3. The Hall–Kier alpha value is -1.88. The molecule has 0 radical (unpaired) electrons. The van der Waals surface area contributed by atoms with Crippen LogP contribution in [0.3, 0.4) is 0 Å². The second-order valence-corrected chi connectivity index (χ2v) is 4.73. The van der Waals surface area contributed by atoms with Gasteiger partial charge >= 0.3 is 0 Å². The normalized spacial score (nSPS) is 19.3. The van der Waals surface area contributed by atoms with E-state index in [1.807, 2.05) is 25.1 Å². The van der Waals surface area contributed by atoms with E-state index in [1.165, 1.54) is 0 Å². The number of rotatable bonds is 2. The van der Waals surface area contributed by atoms with E-state index in [0.717, 1.165) is 42.1 Å². The van der Waals surface area contributed by atoms with Gasteiger partial charge in [-0.25, -0.2) is 4.98 Å². The van der Waals surface area contributed by atoms with Crippen LogP contribution in [0.25, 0.3) is 11.0 Å². The lowest BCUT2D eigenvalue weighted by Gasteiger charge is -2.09. The van der Waals surface area contributed by atoms with Crippen molar-refractivity contribution in [2.45, 2.75) is 13.3 Å². The van der Waals surface area contributed by atoms with E-state index >= 15 is 0 Å². The lowest BCUT2D eigenvalue weighted by molar-refractivity contribution is -0.119. The van der Waals surface area contributed by atoms with Crippen LogP contribution in [-0.4, -0.2) is 29.0 Å². The first-order chi connectivity index (χ1) is 8.72. The maximum absolute atomic E-state index is 12.0. The van der Waals surface area contributed by atoms with E-state index in [4.69, 9.17) is 0 Å². The van der Waals surface area contributed by atoms with Crippen LogP contribution < -0.4 is 10.6 Å². The molecule has 3 rings (SSSR count). The molecule has 1 atom stereocenters. The van der Waals surface area contributed by atoms with Gasteiger partial charge in [0.25, 0.3) is 0 Å². The molecular weight excluding hydrogens is 228 g/mol. The van der Waals surface area contributed by atoms with Gasteiger partial charge < -0.3 is 15.6 Å². The van der Waals surface area contributed by atoms with Crippen molar-refractivity contribution < 1.29 is 4.79 Å². The summed E-state index contributed by atoms with van der Waals surface area (Å²) in [6, 6.07) is 5.74. The van der Waals surface area contributed by atoms with Crippen molar-refractivity contribution in [3.63, 3.8) is 0 Å². The van der Waals surface area contributed by atoms with Gasteiger partial charge in [0.15, 0.2) is 0 Å². The van der Waals surface area contributed by atoms with Gasteiger partial charge in [0.2, 0.25) is 5.91 Å². The molecule has 0 spiro atoms. The van der Waals surface area contributed by atoms with Crippen molar-refractivity contribution in [3.05, 3.63) is 24.0 Å². The van der Waals surface area contributed by atoms with Crippen LogP contribution in [0, 0.1) is 12.8 Å². The molecule has 1 amide bonds. The number of nitrogens with zero attached hydrogens (tertiary/aromatic N) is 1. The summed E-state index contributed by atoms with van der Waals surface area (Å²) >= 11 is 0. The lowest BCUT2D eigenvalue weighted by Crippen LogP contribution is -2.24. The van der Waals surface area contributed by atoms with Gasteiger partial charge in [0.1, 0.15) is 5.82 Å². The Morgan fingerprint density at radius 2 is 2.39 bits per heavy atom. The van der Waals surface area contributed by atoms with Crippen molar-refractivity contribution >= 4 is 22.6 Å². The Morgan fingerprint density at radius 1 is 1.50 bits per heavy atom. The van der Waals surface area contributed by atoms with E-state index < -0.39 is 0 Å². The number of benzene rings is 1. The number of anilines is 1. The number of aryl methyl sites for hydroxylation is 1. The largest absolute Gasteiger partial charge is 0.342 e. The molecule has 94 valence electrons. The molecule has 1 fully saturated rings. The summed E-state index contributed by atoms with van der Waals surface area (Å²) in [5.74, 6) is 1.06. The van der Waals surface area contributed by atoms with Crippen LogP contribution in [0.15, 0.2) is 18.2 Å². The fourth-order valence-electron chi connectivity index (χ4n) is 2.34. The summed E-state index contributed by atoms with van der Waals surface area (Å²) in [6.07, 6.45) is 0.914. The number of carbonyl (C=O) groups is 1. The maximum atomic E-state index is 12.0. The molecule has 5 nitrogen and oxygen atoms in total. The molecule has 3 N–H and O–H groups in total. The highest BCUT2D eigenvalue weighted by Gasteiger charge is 2.22. The number of hydrogen-bond acceptors (Lipinski definition) is 3. The molecule has 0 aliphatic carbocycles. The number of amides is 1. The van der Waals surface area contributed by atoms with E-state index in [9.17, 15) is 4.79 Å². The molecule has 1 unspecified atom stereocenters. The highest BCUT2D eigenvalue weighted by atomic mass is 16.1. The molecule has 2 aromatic rings. The van der Waals surface area contributed by atoms with Crippen LogP contribution in [0.2, 0.25) is 0 Å². The third kappa shape index (κ3) is 2.09. The average Bonchev–Trinajstić information content (AvgIpc) is 2.95. The Balaban J connectivity index is 1.79. The molecule has 1 aromatic carbocycles. The van der Waals surface area contributed by atoms with Crippen molar-refractivity contribution in [3.8, 4) is 0 Å². The third-order valence-electron chi connectivity index (χ3n) is 3.30. The molecule has 2 heterocycles. The van der Waals surface area contributed by atoms with Crippen LogP contribution in [0.4, 0.5) is 5.69 Å². The summed E-state index contributed by atoms with van der Waals surface area (Å²) in [6.45, 7) is 3.62. The van der Waals surface area contributed by atoms with Crippen molar-refractivity contribution in [1.29, 1.82) is 0 Å².